The molecule has 0 aliphatic carbocycles. The van der Waals surface area contributed by atoms with Crippen LogP contribution in [0.3, 0.4) is 0 Å². The molecule has 3 N–H and O–H groups in total. The van der Waals surface area contributed by atoms with Crippen molar-refractivity contribution in [1.29, 1.82) is 0 Å². The first-order chi connectivity index (χ1) is 10.5. The molecule has 7 heteroatoms. The number of aliphatic hydroxyl groups excluding tert-OH is 1. The third kappa shape index (κ3) is 4.34. The van der Waals surface area contributed by atoms with Crippen LogP contribution in [-0.4, -0.2) is 27.8 Å². The van der Waals surface area contributed by atoms with Crippen molar-refractivity contribution >= 4 is 34.9 Å². The minimum Gasteiger partial charge on any atom is -0.477 e. The summed E-state index contributed by atoms with van der Waals surface area (Å²) >= 11 is 12.0. The lowest BCUT2D eigenvalue weighted by molar-refractivity contribution is 0.0690. The van der Waals surface area contributed by atoms with E-state index in [-0.39, 0.29) is 18.3 Å². The molecule has 0 radical (unpaired) electrons. The second kappa shape index (κ2) is 7.45. The molecule has 2 rings (SSSR count). The lowest BCUT2D eigenvalue weighted by Gasteiger charge is -2.20. The summed E-state index contributed by atoms with van der Waals surface area (Å²) in [4.78, 5) is 14.6. The van der Waals surface area contributed by atoms with Crippen LogP contribution in [0.2, 0.25) is 10.0 Å². The first kappa shape index (κ1) is 16.5. The maximum Gasteiger partial charge on any atom is 0.354 e. The van der Waals surface area contributed by atoms with E-state index in [9.17, 15) is 9.90 Å². The molecule has 0 amide bonds. The highest BCUT2D eigenvalue weighted by Gasteiger charge is 2.13. The van der Waals surface area contributed by atoms with Gasteiger partial charge >= 0.3 is 5.97 Å². The molecule has 1 aromatic carbocycles. The van der Waals surface area contributed by atoms with Crippen LogP contribution in [0.4, 0.5) is 5.69 Å². The predicted octanol–water partition coefficient (Wildman–Crippen LogP) is 3.62. The number of halogens is 2. The standard InChI is InChI=1S/C15H14Cl2N2O3/c16-10-5-9(6-11(17)7-10)13(3-4-20)19-12-1-2-14(15(21)22)18-8-12/h1-2,5-8,13,19-20H,3-4H2,(H,21,22). The van der Waals surface area contributed by atoms with E-state index >= 15 is 0 Å². The van der Waals surface area contributed by atoms with Gasteiger partial charge in [-0.1, -0.05) is 23.2 Å². The molecule has 1 unspecified atom stereocenters. The molecular weight excluding hydrogens is 327 g/mol. The van der Waals surface area contributed by atoms with Crippen LogP contribution in [0.15, 0.2) is 36.5 Å². The molecule has 0 fully saturated rings. The van der Waals surface area contributed by atoms with Crippen molar-refractivity contribution in [3.05, 3.63) is 57.8 Å². The summed E-state index contributed by atoms with van der Waals surface area (Å²) < 4.78 is 0. The largest absolute Gasteiger partial charge is 0.477 e. The van der Waals surface area contributed by atoms with Gasteiger partial charge in [-0.2, -0.15) is 0 Å². The van der Waals surface area contributed by atoms with Gasteiger partial charge in [0.2, 0.25) is 0 Å². The van der Waals surface area contributed by atoms with Crippen molar-refractivity contribution in [2.75, 3.05) is 11.9 Å². The van der Waals surface area contributed by atoms with Crippen LogP contribution in [0, 0.1) is 0 Å². The zero-order valence-electron chi connectivity index (χ0n) is 11.5. The lowest BCUT2D eigenvalue weighted by Crippen LogP contribution is -2.13. The number of anilines is 1. The number of hydrogen-bond donors (Lipinski definition) is 3. The number of nitrogens with zero attached hydrogens (tertiary/aromatic N) is 1. The molecule has 0 saturated heterocycles. The average Bonchev–Trinajstić information content (AvgIpc) is 2.46. The Balaban J connectivity index is 2.22. The molecule has 1 heterocycles. The quantitative estimate of drug-likeness (QED) is 0.747. The number of carboxylic acid groups (broad SMARTS) is 1. The lowest BCUT2D eigenvalue weighted by atomic mass is 10.0. The minimum absolute atomic E-state index is 0.0254. The Bertz CT molecular complexity index is 642. The van der Waals surface area contributed by atoms with E-state index in [1.54, 1.807) is 24.3 Å². The van der Waals surface area contributed by atoms with Crippen LogP contribution in [0.5, 0.6) is 0 Å². The second-order valence-electron chi connectivity index (χ2n) is 4.65. The highest BCUT2D eigenvalue weighted by atomic mass is 35.5. The molecule has 1 aromatic heterocycles. The number of pyridine rings is 1. The van der Waals surface area contributed by atoms with E-state index in [2.05, 4.69) is 10.3 Å². The number of benzene rings is 1. The number of aromatic nitrogens is 1. The molecule has 0 spiro atoms. The second-order valence-corrected chi connectivity index (χ2v) is 5.52. The average molecular weight is 341 g/mol. The number of hydrogen-bond acceptors (Lipinski definition) is 4. The van der Waals surface area contributed by atoms with E-state index in [1.807, 2.05) is 0 Å². The van der Waals surface area contributed by atoms with Crippen molar-refractivity contribution in [2.45, 2.75) is 12.5 Å². The summed E-state index contributed by atoms with van der Waals surface area (Å²) in [5, 5.41) is 22.3. The Morgan fingerprint density at radius 2 is 1.91 bits per heavy atom. The zero-order chi connectivity index (χ0) is 16.1. The summed E-state index contributed by atoms with van der Waals surface area (Å²) in [6, 6.07) is 7.96. The zero-order valence-corrected chi connectivity index (χ0v) is 13.0. The van der Waals surface area contributed by atoms with Crippen LogP contribution >= 0.6 is 23.2 Å². The van der Waals surface area contributed by atoms with E-state index in [4.69, 9.17) is 28.3 Å². The fourth-order valence-corrected chi connectivity index (χ4v) is 2.58. The van der Waals surface area contributed by atoms with E-state index in [1.165, 1.54) is 12.3 Å². The highest BCUT2D eigenvalue weighted by Crippen LogP contribution is 2.28. The van der Waals surface area contributed by atoms with E-state index in [0.717, 1.165) is 5.56 Å². The molecule has 0 saturated carbocycles. The number of aromatic carboxylic acids is 1. The normalized spacial score (nSPS) is 12.0. The molecule has 0 aliphatic heterocycles. The first-order valence-electron chi connectivity index (χ1n) is 6.52. The molecular formula is C15H14Cl2N2O3. The van der Waals surface area contributed by atoms with Crippen LogP contribution in [0.25, 0.3) is 0 Å². The Kier molecular flexibility index (Phi) is 5.60. The molecule has 0 aliphatic rings. The SMILES string of the molecule is O=C(O)c1ccc(NC(CCO)c2cc(Cl)cc(Cl)c2)cn1. The third-order valence-corrected chi connectivity index (χ3v) is 3.46. The molecule has 2 aromatic rings. The third-order valence-electron chi connectivity index (χ3n) is 3.03. The maximum atomic E-state index is 10.8. The minimum atomic E-state index is -1.08. The van der Waals surface area contributed by atoms with E-state index in [0.29, 0.717) is 22.2 Å². The van der Waals surface area contributed by atoms with Crippen LogP contribution in [0.1, 0.15) is 28.5 Å². The fourth-order valence-electron chi connectivity index (χ4n) is 2.03. The summed E-state index contributed by atoms with van der Waals surface area (Å²) in [6.07, 6.45) is 1.87. The van der Waals surface area contributed by atoms with E-state index < -0.39 is 5.97 Å². The van der Waals surface area contributed by atoms with Crippen molar-refractivity contribution in [3.63, 3.8) is 0 Å². The summed E-state index contributed by atoms with van der Waals surface area (Å²) in [6.45, 7) is -0.0254. The van der Waals surface area contributed by atoms with Gasteiger partial charge in [0.15, 0.2) is 0 Å². The Morgan fingerprint density at radius 3 is 2.41 bits per heavy atom. The molecule has 5 nitrogen and oxygen atoms in total. The fraction of sp³-hybridized carbons (Fsp3) is 0.200. The summed E-state index contributed by atoms with van der Waals surface area (Å²) in [5.74, 6) is -1.08. The van der Waals surface area contributed by atoms with Crippen molar-refractivity contribution in [1.82, 2.24) is 4.98 Å². The number of carbonyl (C=O) groups is 1. The summed E-state index contributed by atoms with van der Waals surface area (Å²) in [7, 11) is 0. The Labute approximate surface area is 137 Å². The first-order valence-corrected chi connectivity index (χ1v) is 7.28. The smallest absolute Gasteiger partial charge is 0.354 e. The Morgan fingerprint density at radius 1 is 1.23 bits per heavy atom. The molecule has 116 valence electrons. The van der Waals surface area contributed by atoms with Gasteiger partial charge in [-0.05, 0) is 42.3 Å². The van der Waals surface area contributed by atoms with Crippen LogP contribution < -0.4 is 5.32 Å². The van der Waals surface area contributed by atoms with Gasteiger partial charge in [-0.15, -0.1) is 0 Å². The monoisotopic (exact) mass is 340 g/mol. The van der Waals surface area contributed by atoms with Crippen molar-refractivity contribution in [2.24, 2.45) is 0 Å². The number of carboxylic acids is 1. The number of aliphatic hydroxyl groups is 1. The van der Waals surface area contributed by atoms with Gasteiger partial charge in [-0.25, -0.2) is 9.78 Å². The maximum absolute atomic E-state index is 10.8. The van der Waals surface area contributed by atoms with Crippen molar-refractivity contribution < 1.29 is 15.0 Å². The van der Waals surface area contributed by atoms with Crippen molar-refractivity contribution in [3.8, 4) is 0 Å². The van der Waals surface area contributed by atoms with Gasteiger partial charge in [0, 0.05) is 16.7 Å². The summed E-state index contributed by atoms with van der Waals surface area (Å²) in [5.41, 5.74) is 1.43. The topological polar surface area (TPSA) is 82.5 Å². The number of nitrogens with one attached hydrogen (secondary N) is 1. The van der Waals surface area contributed by atoms with Gasteiger partial charge in [0.1, 0.15) is 5.69 Å². The van der Waals surface area contributed by atoms with Gasteiger partial charge in [0.25, 0.3) is 0 Å². The predicted molar refractivity (Wildman–Crippen MR) is 85.7 cm³/mol. The van der Waals surface area contributed by atoms with Gasteiger partial charge in [-0.3, -0.25) is 0 Å². The molecule has 22 heavy (non-hydrogen) atoms. The van der Waals surface area contributed by atoms with Crippen LogP contribution in [-0.2, 0) is 0 Å². The molecule has 1 atom stereocenters. The Hall–Kier alpha value is -1.82. The molecule has 0 bridgehead atoms. The van der Waals surface area contributed by atoms with Gasteiger partial charge in [0.05, 0.1) is 17.9 Å². The van der Waals surface area contributed by atoms with Gasteiger partial charge < -0.3 is 15.5 Å². The highest BCUT2D eigenvalue weighted by molar-refractivity contribution is 6.34. The number of rotatable bonds is 6.